The second-order valence-electron chi connectivity index (χ2n) is 7.14. The Morgan fingerprint density at radius 3 is 2.46 bits per heavy atom. The number of carbonyl (C=O) groups excluding carboxylic acids is 2. The number of para-hydroxylation sites is 1. The summed E-state index contributed by atoms with van der Waals surface area (Å²) in [4.78, 5) is 24.2. The van der Waals surface area contributed by atoms with Crippen LogP contribution in [0.1, 0.15) is 29.8 Å². The third kappa shape index (κ3) is 4.78. The molecule has 1 aromatic heterocycles. The second kappa shape index (κ2) is 8.14. The Morgan fingerprint density at radius 2 is 1.82 bits per heavy atom. The van der Waals surface area contributed by atoms with E-state index < -0.39 is 9.84 Å². The molecule has 1 aromatic carbocycles. The Bertz CT molecular complexity index is 983. The average Bonchev–Trinajstić information content (AvgIpc) is 3.13. The van der Waals surface area contributed by atoms with Crippen molar-refractivity contribution in [2.24, 2.45) is 5.92 Å². The van der Waals surface area contributed by atoms with E-state index in [0.29, 0.717) is 6.42 Å². The predicted octanol–water partition coefficient (Wildman–Crippen LogP) is 1.00. The number of hydrogen-bond acceptors (Lipinski definition) is 5. The first kappa shape index (κ1) is 20.1. The first-order valence-corrected chi connectivity index (χ1v) is 11.0. The van der Waals surface area contributed by atoms with E-state index in [1.54, 1.807) is 4.68 Å². The SMILES string of the molecule is Cc1nn(-c2ccccc2)c(C)c1CC(=O)NNC(=O)C[C@@H]1CCS(=O)(=O)C1. The van der Waals surface area contributed by atoms with Gasteiger partial charge in [0.05, 0.1) is 29.3 Å². The maximum Gasteiger partial charge on any atom is 0.242 e. The van der Waals surface area contributed by atoms with Crippen LogP contribution in [-0.4, -0.2) is 41.5 Å². The van der Waals surface area contributed by atoms with Gasteiger partial charge in [0.15, 0.2) is 9.84 Å². The molecule has 0 spiro atoms. The van der Waals surface area contributed by atoms with E-state index in [9.17, 15) is 18.0 Å². The highest BCUT2D eigenvalue weighted by Gasteiger charge is 2.29. The summed E-state index contributed by atoms with van der Waals surface area (Å²) >= 11 is 0. The molecule has 0 saturated carbocycles. The second-order valence-corrected chi connectivity index (χ2v) is 9.37. The number of hydrogen-bond donors (Lipinski definition) is 2. The molecule has 2 heterocycles. The lowest BCUT2D eigenvalue weighted by molar-refractivity contribution is -0.129. The molecule has 2 amide bonds. The number of carbonyl (C=O) groups is 2. The van der Waals surface area contributed by atoms with Crippen molar-refractivity contribution < 1.29 is 18.0 Å². The molecule has 0 aliphatic carbocycles. The highest BCUT2D eigenvalue weighted by Crippen LogP contribution is 2.21. The summed E-state index contributed by atoms with van der Waals surface area (Å²) < 4.78 is 24.7. The van der Waals surface area contributed by atoms with E-state index in [1.807, 2.05) is 44.2 Å². The van der Waals surface area contributed by atoms with Gasteiger partial charge in [-0.25, -0.2) is 13.1 Å². The molecule has 1 aliphatic rings. The van der Waals surface area contributed by atoms with Crippen LogP contribution in [0.25, 0.3) is 5.69 Å². The third-order valence-electron chi connectivity index (χ3n) is 4.92. The summed E-state index contributed by atoms with van der Waals surface area (Å²) in [5, 5.41) is 4.50. The Kier molecular flexibility index (Phi) is 5.83. The highest BCUT2D eigenvalue weighted by molar-refractivity contribution is 7.91. The van der Waals surface area contributed by atoms with Crippen LogP contribution in [0, 0.1) is 19.8 Å². The summed E-state index contributed by atoms with van der Waals surface area (Å²) in [6.07, 6.45) is 0.660. The van der Waals surface area contributed by atoms with Crippen molar-refractivity contribution in [2.75, 3.05) is 11.5 Å². The van der Waals surface area contributed by atoms with Crippen LogP contribution in [0.5, 0.6) is 0 Å². The monoisotopic (exact) mass is 404 g/mol. The Labute approximate surface area is 164 Å². The molecule has 1 fully saturated rings. The molecule has 3 rings (SSSR count). The molecule has 9 heteroatoms. The summed E-state index contributed by atoms with van der Waals surface area (Å²) in [5.41, 5.74) is 8.10. The van der Waals surface area contributed by atoms with Crippen molar-refractivity contribution in [3.05, 3.63) is 47.3 Å². The third-order valence-corrected chi connectivity index (χ3v) is 6.76. The van der Waals surface area contributed by atoms with Crippen molar-refractivity contribution in [3.63, 3.8) is 0 Å². The van der Waals surface area contributed by atoms with Gasteiger partial charge in [0.25, 0.3) is 0 Å². The fourth-order valence-electron chi connectivity index (χ4n) is 3.44. The van der Waals surface area contributed by atoms with E-state index in [1.165, 1.54) is 0 Å². The molecule has 0 bridgehead atoms. The number of amides is 2. The lowest BCUT2D eigenvalue weighted by Gasteiger charge is -2.10. The van der Waals surface area contributed by atoms with E-state index in [0.717, 1.165) is 22.6 Å². The normalized spacial score (nSPS) is 18.0. The number of hydrazine groups is 1. The smallest absolute Gasteiger partial charge is 0.242 e. The van der Waals surface area contributed by atoms with E-state index in [-0.39, 0.29) is 42.1 Å². The van der Waals surface area contributed by atoms with Crippen LogP contribution in [0.15, 0.2) is 30.3 Å². The number of sulfone groups is 1. The van der Waals surface area contributed by atoms with Gasteiger partial charge in [0.1, 0.15) is 0 Å². The zero-order valence-corrected chi connectivity index (χ0v) is 16.8. The van der Waals surface area contributed by atoms with Gasteiger partial charge in [-0.05, 0) is 38.3 Å². The molecule has 2 N–H and O–H groups in total. The average molecular weight is 404 g/mol. The topological polar surface area (TPSA) is 110 Å². The van der Waals surface area contributed by atoms with Gasteiger partial charge in [-0.2, -0.15) is 5.10 Å². The van der Waals surface area contributed by atoms with E-state index in [4.69, 9.17) is 0 Å². The quantitative estimate of drug-likeness (QED) is 0.723. The molecular formula is C19H24N4O4S. The Morgan fingerprint density at radius 1 is 1.14 bits per heavy atom. The number of aryl methyl sites for hydroxylation is 1. The minimum atomic E-state index is -3.02. The fraction of sp³-hybridized carbons (Fsp3) is 0.421. The highest BCUT2D eigenvalue weighted by atomic mass is 32.2. The lowest BCUT2D eigenvalue weighted by atomic mass is 10.1. The predicted molar refractivity (Wildman–Crippen MR) is 104 cm³/mol. The maximum atomic E-state index is 12.2. The van der Waals surface area contributed by atoms with Crippen molar-refractivity contribution in [1.29, 1.82) is 0 Å². The first-order valence-electron chi connectivity index (χ1n) is 9.14. The largest absolute Gasteiger partial charge is 0.273 e. The van der Waals surface area contributed by atoms with Crippen molar-refractivity contribution in [1.82, 2.24) is 20.6 Å². The van der Waals surface area contributed by atoms with Crippen molar-refractivity contribution in [3.8, 4) is 5.69 Å². The molecule has 2 aromatic rings. The standard InChI is InChI=1S/C19H24N4O4S/c1-13-17(14(2)23(22-13)16-6-4-3-5-7-16)11-19(25)21-20-18(24)10-15-8-9-28(26,27)12-15/h3-7,15H,8-12H2,1-2H3,(H,20,24)(H,21,25)/t15-/m0/s1. The minimum Gasteiger partial charge on any atom is -0.273 e. The molecule has 28 heavy (non-hydrogen) atoms. The van der Waals surface area contributed by atoms with Gasteiger partial charge in [-0.15, -0.1) is 0 Å². The number of rotatable bonds is 5. The summed E-state index contributed by atoms with van der Waals surface area (Å²) in [6, 6.07) is 9.64. The molecule has 0 radical (unpaired) electrons. The van der Waals surface area contributed by atoms with Gasteiger partial charge in [0, 0.05) is 17.7 Å². The Balaban J connectivity index is 1.55. The van der Waals surface area contributed by atoms with Gasteiger partial charge in [0.2, 0.25) is 11.8 Å². The zero-order valence-electron chi connectivity index (χ0n) is 15.9. The van der Waals surface area contributed by atoms with Crippen LogP contribution in [0.3, 0.4) is 0 Å². The zero-order chi connectivity index (χ0) is 20.3. The molecular weight excluding hydrogens is 380 g/mol. The van der Waals surface area contributed by atoms with Crippen LogP contribution < -0.4 is 10.9 Å². The summed E-state index contributed by atoms with van der Waals surface area (Å²) in [5.74, 6) is -0.766. The number of aromatic nitrogens is 2. The van der Waals surface area contributed by atoms with Gasteiger partial charge in [-0.1, -0.05) is 18.2 Å². The summed E-state index contributed by atoms with van der Waals surface area (Å²) in [7, 11) is -3.02. The van der Waals surface area contributed by atoms with Gasteiger partial charge < -0.3 is 0 Å². The molecule has 8 nitrogen and oxygen atoms in total. The first-order chi connectivity index (χ1) is 13.2. The van der Waals surface area contributed by atoms with Crippen molar-refractivity contribution >= 4 is 21.7 Å². The molecule has 0 unspecified atom stereocenters. The fourth-order valence-corrected chi connectivity index (χ4v) is 5.30. The molecule has 1 aliphatic heterocycles. The van der Waals surface area contributed by atoms with E-state index >= 15 is 0 Å². The number of benzene rings is 1. The van der Waals surface area contributed by atoms with Gasteiger partial charge >= 0.3 is 0 Å². The number of nitrogens with zero attached hydrogens (tertiary/aromatic N) is 2. The Hall–Kier alpha value is -2.68. The van der Waals surface area contributed by atoms with Crippen LogP contribution in [0.2, 0.25) is 0 Å². The van der Waals surface area contributed by atoms with Gasteiger partial charge in [-0.3, -0.25) is 20.4 Å². The summed E-state index contributed by atoms with van der Waals surface area (Å²) in [6.45, 7) is 3.74. The maximum absolute atomic E-state index is 12.2. The molecule has 150 valence electrons. The van der Waals surface area contributed by atoms with E-state index in [2.05, 4.69) is 16.0 Å². The minimum absolute atomic E-state index is 0.0332. The van der Waals surface area contributed by atoms with Crippen LogP contribution in [-0.2, 0) is 25.8 Å². The van der Waals surface area contributed by atoms with Crippen LogP contribution in [0.4, 0.5) is 0 Å². The lowest BCUT2D eigenvalue weighted by Crippen LogP contribution is -2.43. The van der Waals surface area contributed by atoms with Crippen molar-refractivity contribution in [2.45, 2.75) is 33.1 Å². The molecule has 1 atom stereocenters. The number of nitrogens with one attached hydrogen (secondary N) is 2. The molecule has 1 saturated heterocycles. The van der Waals surface area contributed by atoms with Crippen LogP contribution >= 0.6 is 0 Å².